The molecule has 0 saturated carbocycles. The Bertz CT molecular complexity index is 1350. The fraction of sp³-hybridized carbons (Fsp3) is 0.500. The highest BCUT2D eigenvalue weighted by Gasteiger charge is 2.22. The molecule has 0 aliphatic rings. The van der Waals surface area contributed by atoms with E-state index in [2.05, 4.69) is 16.0 Å². The fourth-order valence-electron chi connectivity index (χ4n) is 4.19. The zero-order valence-corrected chi connectivity index (χ0v) is 27.7. The number of nitrogens with one attached hydrogen (secondary N) is 3. The number of alkyl carbamates (subject to hydrolysis) is 1. The van der Waals surface area contributed by atoms with Gasteiger partial charge in [-0.1, -0.05) is 18.2 Å². The molecule has 0 fully saturated rings. The third-order valence-electron chi connectivity index (χ3n) is 6.26. The first-order valence-electron chi connectivity index (χ1n) is 15.5. The van der Waals surface area contributed by atoms with Gasteiger partial charge in [-0.25, -0.2) is 9.59 Å². The molecule has 0 bridgehead atoms. The highest BCUT2D eigenvalue weighted by molar-refractivity contribution is 6.05. The number of carbonyl (C=O) groups excluding carboxylic acids is 4. The Morgan fingerprint density at radius 3 is 2.00 bits per heavy atom. The van der Waals surface area contributed by atoms with Crippen LogP contribution < -0.4 is 16.0 Å². The molecule has 0 saturated heterocycles. The van der Waals surface area contributed by atoms with E-state index < -0.39 is 29.4 Å². The third kappa shape index (κ3) is 15.4. The second-order valence-corrected chi connectivity index (χ2v) is 12.8. The lowest BCUT2D eigenvalue weighted by molar-refractivity contribution is -0.136. The van der Waals surface area contributed by atoms with E-state index >= 15 is 0 Å². The lowest BCUT2D eigenvalue weighted by Gasteiger charge is -2.27. The minimum absolute atomic E-state index is 0.0314. The molecular weight excluding hydrogens is 592 g/mol. The molecule has 4 N–H and O–H groups in total. The van der Waals surface area contributed by atoms with Crippen LogP contribution in [0.1, 0.15) is 93.5 Å². The van der Waals surface area contributed by atoms with E-state index in [0.717, 1.165) is 5.56 Å². The number of anilines is 1. The Morgan fingerprint density at radius 1 is 0.739 bits per heavy atom. The topological polar surface area (TPSA) is 163 Å². The van der Waals surface area contributed by atoms with Crippen molar-refractivity contribution in [1.82, 2.24) is 15.5 Å². The van der Waals surface area contributed by atoms with Crippen molar-refractivity contribution in [2.24, 2.45) is 0 Å². The maximum absolute atomic E-state index is 12.9. The van der Waals surface area contributed by atoms with Gasteiger partial charge in [0.05, 0.1) is 0 Å². The van der Waals surface area contributed by atoms with Gasteiger partial charge in [0.15, 0.2) is 0 Å². The predicted molar refractivity (Wildman–Crippen MR) is 175 cm³/mol. The summed E-state index contributed by atoms with van der Waals surface area (Å²) in [4.78, 5) is 62.8. The van der Waals surface area contributed by atoms with Gasteiger partial charge in [-0.2, -0.15) is 0 Å². The molecular formula is C34H48N4O8. The van der Waals surface area contributed by atoms with Gasteiger partial charge in [0.25, 0.3) is 11.8 Å². The first-order chi connectivity index (χ1) is 21.5. The molecule has 12 nitrogen and oxygen atoms in total. The molecule has 252 valence electrons. The molecule has 2 rings (SSSR count). The van der Waals surface area contributed by atoms with Crippen molar-refractivity contribution in [3.8, 4) is 0 Å². The summed E-state index contributed by atoms with van der Waals surface area (Å²) < 4.78 is 10.8. The second kappa shape index (κ2) is 17.8. The molecule has 0 aromatic heterocycles. The lowest BCUT2D eigenvalue weighted by Crippen LogP contribution is -2.39. The van der Waals surface area contributed by atoms with Gasteiger partial charge in [-0.15, -0.1) is 0 Å². The maximum Gasteiger partial charge on any atom is 0.410 e. The van der Waals surface area contributed by atoms with Crippen LogP contribution in [0.4, 0.5) is 15.3 Å². The number of carbonyl (C=O) groups is 5. The quantitative estimate of drug-likeness (QED) is 0.182. The van der Waals surface area contributed by atoms with E-state index in [1.807, 2.05) is 0 Å². The van der Waals surface area contributed by atoms with Gasteiger partial charge in [0, 0.05) is 49.4 Å². The number of amides is 4. The average molecular weight is 641 g/mol. The number of carboxylic acids is 1. The molecule has 0 heterocycles. The van der Waals surface area contributed by atoms with Gasteiger partial charge in [-0.3, -0.25) is 14.4 Å². The smallest absolute Gasteiger partial charge is 0.410 e. The van der Waals surface area contributed by atoms with Crippen molar-refractivity contribution in [1.29, 1.82) is 0 Å². The summed E-state index contributed by atoms with van der Waals surface area (Å²) in [6.45, 7) is 12.3. The van der Waals surface area contributed by atoms with Gasteiger partial charge in [-0.05, 0) is 103 Å². The van der Waals surface area contributed by atoms with Crippen LogP contribution >= 0.6 is 0 Å². The van der Waals surface area contributed by atoms with Crippen molar-refractivity contribution in [3.63, 3.8) is 0 Å². The number of carboxylic acid groups (broad SMARTS) is 1. The Balaban J connectivity index is 1.87. The molecule has 0 unspecified atom stereocenters. The van der Waals surface area contributed by atoms with Gasteiger partial charge in [0.2, 0.25) is 0 Å². The van der Waals surface area contributed by atoms with Gasteiger partial charge >= 0.3 is 18.2 Å². The number of hydrogen-bond donors (Lipinski definition) is 4. The number of unbranched alkanes of at least 4 members (excludes halogenated alkanes) is 1. The third-order valence-corrected chi connectivity index (χ3v) is 6.26. The standard InChI is InChI=1S/C34H48N4O8/c1-33(2,3)45-31(43)36-18-7-8-20-38(32(44)46-34(4,5)6)21-11-19-35-29(41)26-14-10-15-27(23-26)37-30(42)25-13-9-12-24(22-25)16-17-28(39)40/h9-10,12-15,22-23H,7-8,11,16-21H2,1-6H3,(H,35,41)(H,36,43)(H,37,42)(H,39,40). The first kappa shape index (κ1) is 37.6. The number of nitrogens with zero attached hydrogens (tertiary/aromatic N) is 1. The van der Waals surface area contributed by atoms with Crippen LogP contribution in [0.5, 0.6) is 0 Å². The van der Waals surface area contributed by atoms with Crippen molar-refractivity contribution >= 4 is 35.7 Å². The molecule has 0 spiro atoms. The van der Waals surface area contributed by atoms with Crippen LogP contribution in [0.3, 0.4) is 0 Å². The summed E-state index contributed by atoms with van der Waals surface area (Å²) in [6, 6.07) is 13.3. The summed E-state index contributed by atoms with van der Waals surface area (Å²) >= 11 is 0. The highest BCUT2D eigenvalue weighted by atomic mass is 16.6. The zero-order chi connectivity index (χ0) is 34.3. The average Bonchev–Trinajstić information content (AvgIpc) is 2.95. The molecule has 2 aromatic carbocycles. The molecule has 0 aliphatic heterocycles. The lowest BCUT2D eigenvalue weighted by atomic mass is 10.1. The second-order valence-electron chi connectivity index (χ2n) is 12.8. The van der Waals surface area contributed by atoms with E-state index in [1.165, 1.54) is 0 Å². The van der Waals surface area contributed by atoms with E-state index in [1.54, 1.807) is 95.0 Å². The van der Waals surface area contributed by atoms with Crippen LogP contribution in [-0.4, -0.2) is 77.4 Å². The molecule has 46 heavy (non-hydrogen) atoms. The number of hydrogen-bond acceptors (Lipinski definition) is 7. The van der Waals surface area contributed by atoms with Crippen molar-refractivity contribution < 1.29 is 38.6 Å². The number of aliphatic carboxylic acids is 1. The Kier molecular flexibility index (Phi) is 14.5. The molecule has 12 heteroatoms. The maximum atomic E-state index is 12.9. The number of aryl methyl sites for hydroxylation is 1. The van der Waals surface area contributed by atoms with Crippen molar-refractivity contribution in [2.75, 3.05) is 31.5 Å². The molecule has 0 atom stereocenters. The predicted octanol–water partition coefficient (Wildman–Crippen LogP) is 5.62. The van der Waals surface area contributed by atoms with Crippen LogP contribution in [-0.2, 0) is 20.7 Å². The summed E-state index contributed by atoms with van der Waals surface area (Å²) in [5.74, 6) is -1.62. The van der Waals surface area contributed by atoms with Crippen LogP contribution in [0.25, 0.3) is 0 Å². The normalized spacial score (nSPS) is 11.3. The number of benzene rings is 2. The van der Waals surface area contributed by atoms with Crippen molar-refractivity contribution in [3.05, 3.63) is 65.2 Å². The Labute approximate surface area is 271 Å². The minimum atomic E-state index is -0.910. The largest absolute Gasteiger partial charge is 0.481 e. The fourth-order valence-corrected chi connectivity index (χ4v) is 4.19. The molecule has 0 radical (unpaired) electrons. The number of rotatable bonds is 15. The van der Waals surface area contributed by atoms with E-state index in [4.69, 9.17) is 14.6 Å². The monoisotopic (exact) mass is 640 g/mol. The van der Waals surface area contributed by atoms with Crippen LogP contribution in [0.15, 0.2) is 48.5 Å². The Hall–Kier alpha value is -4.61. The Morgan fingerprint density at radius 2 is 1.35 bits per heavy atom. The highest BCUT2D eigenvalue weighted by Crippen LogP contribution is 2.15. The molecule has 4 amide bonds. The summed E-state index contributed by atoms with van der Waals surface area (Å²) in [7, 11) is 0. The van der Waals surface area contributed by atoms with E-state index in [-0.39, 0.29) is 18.2 Å². The molecule has 2 aromatic rings. The zero-order valence-electron chi connectivity index (χ0n) is 27.7. The van der Waals surface area contributed by atoms with Gasteiger partial charge in [0.1, 0.15) is 11.2 Å². The first-order valence-corrected chi connectivity index (χ1v) is 15.5. The summed E-state index contributed by atoms with van der Waals surface area (Å²) in [5.41, 5.74) is 0.673. The van der Waals surface area contributed by atoms with Crippen LogP contribution in [0, 0.1) is 0 Å². The van der Waals surface area contributed by atoms with Crippen molar-refractivity contribution in [2.45, 2.75) is 84.8 Å². The summed E-state index contributed by atoms with van der Waals surface area (Å²) in [6.07, 6.45) is 1.10. The SMILES string of the molecule is CC(C)(C)OC(=O)NCCCCN(CCCNC(=O)c1cccc(NC(=O)c2cccc(CCC(=O)O)c2)c1)C(=O)OC(C)(C)C. The van der Waals surface area contributed by atoms with Gasteiger partial charge < -0.3 is 35.4 Å². The number of ether oxygens (including phenoxy) is 2. The molecule has 0 aliphatic carbocycles. The summed E-state index contributed by atoms with van der Waals surface area (Å²) in [5, 5.41) is 17.3. The minimum Gasteiger partial charge on any atom is -0.481 e. The van der Waals surface area contributed by atoms with E-state index in [9.17, 15) is 24.0 Å². The van der Waals surface area contributed by atoms with Crippen LogP contribution in [0.2, 0.25) is 0 Å². The van der Waals surface area contributed by atoms with E-state index in [0.29, 0.717) is 68.7 Å².